The van der Waals surface area contributed by atoms with Crippen LogP contribution in [0.1, 0.15) is 17.5 Å². The molecule has 16 heavy (non-hydrogen) atoms. The Kier molecular flexibility index (Phi) is 4.85. The van der Waals surface area contributed by atoms with Crippen LogP contribution < -0.4 is 11.3 Å². The topological polar surface area (TPSA) is 71.2 Å². The number of thiazole rings is 1. The molecule has 90 valence electrons. The predicted octanol–water partition coefficient (Wildman–Crippen LogP) is 0.509. The minimum atomic E-state index is -0.132. The second-order valence-electron chi connectivity index (χ2n) is 3.97. The van der Waals surface area contributed by atoms with Gasteiger partial charge in [0, 0.05) is 23.9 Å². The van der Waals surface area contributed by atoms with Crippen molar-refractivity contribution >= 4 is 17.2 Å². The van der Waals surface area contributed by atoms with Gasteiger partial charge in [0.25, 0.3) is 0 Å². The van der Waals surface area contributed by atoms with Crippen molar-refractivity contribution < 1.29 is 4.79 Å². The number of amides is 1. The molecule has 0 radical (unpaired) electrons. The fraction of sp³-hybridized carbons (Fsp3) is 0.600. The van der Waals surface area contributed by atoms with E-state index in [-0.39, 0.29) is 11.8 Å². The summed E-state index contributed by atoms with van der Waals surface area (Å²) < 4.78 is 0. The lowest BCUT2D eigenvalue weighted by atomic mass is 10.1. The summed E-state index contributed by atoms with van der Waals surface area (Å²) in [7, 11) is 1.99. The van der Waals surface area contributed by atoms with E-state index in [1.54, 1.807) is 11.3 Å². The first-order chi connectivity index (χ1) is 7.54. The zero-order valence-electron chi connectivity index (χ0n) is 9.86. The number of nitrogens with one attached hydrogen (secondary N) is 1. The molecular weight excluding hydrogens is 224 g/mol. The van der Waals surface area contributed by atoms with E-state index in [2.05, 4.69) is 15.3 Å². The van der Waals surface area contributed by atoms with Crippen LogP contribution in [0.15, 0.2) is 5.51 Å². The second-order valence-corrected chi connectivity index (χ2v) is 4.91. The number of rotatable bonds is 5. The van der Waals surface area contributed by atoms with Gasteiger partial charge in [0.2, 0.25) is 5.91 Å². The van der Waals surface area contributed by atoms with Gasteiger partial charge in [-0.15, -0.1) is 11.3 Å². The highest BCUT2D eigenvalue weighted by Gasteiger charge is 2.14. The van der Waals surface area contributed by atoms with Crippen LogP contribution in [0.5, 0.6) is 0 Å². The molecule has 1 atom stereocenters. The average molecular weight is 242 g/mol. The number of carbonyl (C=O) groups excluding carboxylic acids is 1. The number of hydrazine groups is 1. The van der Waals surface area contributed by atoms with E-state index in [1.165, 1.54) is 4.88 Å². The van der Waals surface area contributed by atoms with Crippen LogP contribution in [-0.4, -0.2) is 29.4 Å². The van der Waals surface area contributed by atoms with Gasteiger partial charge in [0.15, 0.2) is 0 Å². The van der Waals surface area contributed by atoms with Crippen molar-refractivity contribution in [2.75, 3.05) is 13.6 Å². The van der Waals surface area contributed by atoms with Crippen LogP contribution in [0.25, 0.3) is 0 Å². The van der Waals surface area contributed by atoms with Crippen LogP contribution in [0, 0.1) is 12.8 Å². The van der Waals surface area contributed by atoms with Gasteiger partial charge < -0.3 is 4.90 Å². The van der Waals surface area contributed by atoms with E-state index in [0.29, 0.717) is 6.54 Å². The van der Waals surface area contributed by atoms with Crippen LogP contribution in [0.3, 0.4) is 0 Å². The van der Waals surface area contributed by atoms with Gasteiger partial charge >= 0.3 is 0 Å². The zero-order chi connectivity index (χ0) is 12.1. The van der Waals surface area contributed by atoms with Crippen molar-refractivity contribution in [3.05, 3.63) is 16.1 Å². The van der Waals surface area contributed by atoms with E-state index >= 15 is 0 Å². The van der Waals surface area contributed by atoms with Gasteiger partial charge in [-0.05, 0) is 14.0 Å². The molecule has 0 saturated heterocycles. The molecule has 0 aliphatic heterocycles. The number of nitrogens with two attached hydrogens (primary N) is 1. The molecule has 0 aromatic carbocycles. The molecule has 0 aliphatic carbocycles. The number of hydrogen-bond donors (Lipinski definition) is 2. The van der Waals surface area contributed by atoms with E-state index in [9.17, 15) is 4.79 Å². The minimum Gasteiger partial charge on any atom is -0.300 e. The lowest BCUT2D eigenvalue weighted by Gasteiger charge is -2.19. The third-order valence-electron chi connectivity index (χ3n) is 2.43. The smallest absolute Gasteiger partial charge is 0.237 e. The normalized spacial score (nSPS) is 12.8. The Morgan fingerprint density at radius 2 is 2.44 bits per heavy atom. The Morgan fingerprint density at radius 1 is 1.75 bits per heavy atom. The van der Waals surface area contributed by atoms with Gasteiger partial charge in [-0.3, -0.25) is 10.2 Å². The molecule has 5 nitrogen and oxygen atoms in total. The second kappa shape index (κ2) is 5.93. The van der Waals surface area contributed by atoms with E-state index < -0.39 is 0 Å². The van der Waals surface area contributed by atoms with Crippen molar-refractivity contribution in [3.8, 4) is 0 Å². The summed E-state index contributed by atoms with van der Waals surface area (Å²) in [6.07, 6.45) is 0. The Labute approximate surface area is 99.6 Å². The molecule has 1 unspecified atom stereocenters. The van der Waals surface area contributed by atoms with Crippen LogP contribution in [0.2, 0.25) is 0 Å². The summed E-state index contributed by atoms with van der Waals surface area (Å²) in [5.41, 5.74) is 5.07. The maximum atomic E-state index is 11.2. The largest absolute Gasteiger partial charge is 0.300 e. The van der Waals surface area contributed by atoms with Gasteiger partial charge in [-0.1, -0.05) is 6.92 Å². The summed E-state index contributed by atoms with van der Waals surface area (Å²) in [5.74, 6) is 4.84. The highest BCUT2D eigenvalue weighted by Crippen LogP contribution is 2.14. The number of hydrogen-bond acceptors (Lipinski definition) is 5. The fourth-order valence-electron chi connectivity index (χ4n) is 1.48. The van der Waals surface area contributed by atoms with E-state index in [4.69, 9.17) is 5.84 Å². The third-order valence-corrected chi connectivity index (χ3v) is 3.35. The van der Waals surface area contributed by atoms with Gasteiger partial charge in [0.05, 0.1) is 11.2 Å². The lowest BCUT2D eigenvalue weighted by molar-refractivity contribution is -0.125. The number of aromatic nitrogens is 1. The maximum Gasteiger partial charge on any atom is 0.237 e. The Hall–Kier alpha value is -0.980. The van der Waals surface area contributed by atoms with Crippen molar-refractivity contribution in [1.29, 1.82) is 0 Å². The quantitative estimate of drug-likeness (QED) is 0.448. The highest BCUT2D eigenvalue weighted by molar-refractivity contribution is 7.09. The monoisotopic (exact) mass is 242 g/mol. The lowest BCUT2D eigenvalue weighted by Crippen LogP contribution is -2.39. The molecule has 0 bridgehead atoms. The van der Waals surface area contributed by atoms with Crippen LogP contribution in [-0.2, 0) is 11.3 Å². The molecule has 0 spiro atoms. The summed E-state index contributed by atoms with van der Waals surface area (Å²) >= 11 is 1.64. The minimum absolute atomic E-state index is 0.108. The zero-order valence-corrected chi connectivity index (χ0v) is 10.7. The Morgan fingerprint density at radius 3 is 2.94 bits per heavy atom. The molecule has 1 amide bonds. The number of aryl methyl sites for hydroxylation is 1. The molecule has 1 aromatic rings. The van der Waals surface area contributed by atoms with Crippen molar-refractivity contribution in [2.45, 2.75) is 20.4 Å². The summed E-state index contributed by atoms with van der Waals surface area (Å²) in [6, 6.07) is 0. The molecule has 0 aliphatic rings. The highest BCUT2D eigenvalue weighted by atomic mass is 32.1. The first-order valence-electron chi connectivity index (χ1n) is 5.12. The molecular formula is C10H18N4OS. The molecule has 6 heteroatoms. The summed E-state index contributed by atoms with van der Waals surface area (Å²) in [4.78, 5) is 18.8. The molecule has 0 saturated carbocycles. The fourth-order valence-corrected chi connectivity index (χ4v) is 2.34. The first kappa shape index (κ1) is 13.1. The first-order valence-corrected chi connectivity index (χ1v) is 6.00. The standard InChI is InChI=1S/C10H18N4OS/c1-7(10(15)13-11)4-14(3)5-9-8(2)12-6-16-9/h6-7H,4-5,11H2,1-3H3,(H,13,15). The van der Waals surface area contributed by atoms with Crippen LogP contribution >= 0.6 is 11.3 Å². The molecule has 0 fully saturated rings. The Balaban J connectivity index is 2.45. The summed E-state index contributed by atoms with van der Waals surface area (Å²) in [6.45, 7) is 5.35. The Bertz CT molecular complexity index is 352. The van der Waals surface area contributed by atoms with Crippen LogP contribution in [0.4, 0.5) is 0 Å². The third kappa shape index (κ3) is 3.55. The molecule has 3 N–H and O–H groups in total. The van der Waals surface area contributed by atoms with E-state index in [0.717, 1.165) is 12.2 Å². The van der Waals surface area contributed by atoms with Crippen molar-refractivity contribution in [2.24, 2.45) is 11.8 Å². The molecule has 1 heterocycles. The predicted molar refractivity (Wildman–Crippen MR) is 64.7 cm³/mol. The number of nitrogens with zero attached hydrogens (tertiary/aromatic N) is 2. The molecule has 1 rings (SSSR count). The van der Waals surface area contributed by atoms with E-state index in [1.807, 2.05) is 26.4 Å². The number of carbonyl (C=O) groups is 1. The van der Waals surface area contributed by atoms with Crippen molar-refractivity contribution in [1.82, 2.24) is 15.3 Å². The molecule has 1 aromatic heterocycles. The average Bonchev–Trinajstić information content (AvgIpc) is 2.63. The SMILES string of the molecule is Cc1ncsc1CN(C)CC(C)C(=O)NN. The van der Waals surface area contributed by atoms with Crippen molar-refractivity contribution in [3.63, 3.8) is 0 Å². The van der Waals surface area contributed by atoms with Gasteiger partial charge in [-0.2, -0.15) is 0 Å². The van der Waals surface area contributed by atoms with Gasteiger partial charge in [-0.25, -0.2) is 10.8 Å². The summed E-state index contributed by atoms with van der Waals surface area (Å²) in [5, 5.41) is 0. The maximum absolute atomic E-state index is 11.2. The van der Waals surface area contributed by atoms with Gasteiger partial charge in [0.1, 0.15) is 0 Å².